The maximum absolute atomic E-state index is 14.5. The van der Waals surface area contributed by atoms with Crippen molar-refractivity contribution in [1.82, 2.24) is 15.3 Å². The molecule has 0 radical (unpaired) electrons. The van der Waals surface area contributed by atoms with Crippen LogP contribution in [0.5, 0.6) is 5.75 Å². The van der Waals surface area contributed by atoms with Crippen LogP contribution in [-0.4, -0.2) is 76.0 Å². The summed E-state index contributed by atoms with van der Waals surface area (Å²) in [5.74, 6) is -2.43. The van der Waals surface area contributed by atoms with E-state index < -0.39 is 17.2 Å². The summed E-state index contributed by atoms with van der Waals surface area (Å²) in [4.78, 5) is 14.1. The first kappa shape index (κ1) is 23.5. The Morgan fingerprint density at radius 1 is 1.14 bits per heavy atom. The van der Waals surface area contributed by atoms with E-state index >= 15 is 0 Å². The summed E-state index contributed by atoms with van der Waals surface area (Å²) in [5, 5.41) is 1.64. The molecule has 2 rings (SSSR count). The predicted molar refractivity (Wildman–Crippen MR) is 104 cm³/mol. The number of halogens is 2. The third kappa shape index (κ3) is 5.63. The molecule has 9 heteroatoms. The predicted octanol–water partition coefficient (Wildman–Crippen LogP) is 1.95. The molecule has 0 spiro atoms. The molecule has 1 N–H and O–H groups in total. The lowest BCUT2D eigenvalue weighted by Crippen LogP contribution is -2.62. The first-order chi connectivity index (χ1) is 13.9. The largest absolute Gasteiger partial charge is 0.489 e. The number of carbonyl (C=O) groups is 1. The number of esters is 1. The number of ether oxygens (including phenoxy) is 3. The number of hydrogen-bond acceptors (Lipinski definition) is 7. The van der Waals surface area contributed by atoms with Crippen molar-refractivity contribution in [2.75, 3.05) is 54.6 Å². The van der Waals surface area contributed by atoms with E-state index in [-0.39, 0.29) is 30.4 Å². The average molecular weight is 415 g/mol. The molecular weight excluding hydrogens is 384 g/mol. The van der Waals surface area contributed by atoms with Crippen molar-refractivity contribution in [3.05, 3.63) is 29.3 Å². The third-order valence-electron chi connectivity index (χ3n) is 5.43. The van der Waals surface area contributed by atoms with Gasteiger partial charge in [0.25, 0.3) is 0 Å². The highest BCUT2D eigenvalue weighted by molar-refractivity contribution is 5.81. The van der Waals surface area contributed by atoms with Gasteiger partial charge in [0.1, 0.15) is 12.1 Å². The normalized spacial score (nSPS) is 15.4. The van der Waals surface area contributed by atoms with E-state index in [2.05, 4.69) is 5.43 Å². The van der Waals surface area contributed by atoms with Crippen molar-refractivity contribution >= 4 is 5.97 Å². The van der Waals surface area contributed by atoms with Gasteiger partial charge in [0.2, 0.25) is 5.82 Å². The van der Waals surface area contributed by atoms with Gasteiger partial charge in [-0.2, -0.15) is 4.39 Å². The van der Waals surface area contributed by atoms with Crippen LogP contribution in [-0.2, 0) is 20.8 Å². The molecule has 7 nitrogen and oxygen atoms in total. The monoisotopic (exact) mass is 415 g/mol. The zero-order chi connectivity index (χ0) is 21.4. The van der Waals surface area contributed by atoms with Gasteiger partial charge in [0.05, 0.1) is 13.7 Å². The van der Waals surface area contributed by atoms with Gasteiger partial charge in [0, 0.05) is 39.4 Å². The van der Waals surface area contributed by atoms with Gasteiger partial charge in [-0.3, -0.25) is 0 Å². The summed E-state index contributed by atoms with van der Waals surface area (Å²) in [7, 11) is 6.58. The van der Waals surface area contributed by atoms with E-state index in [1.54, 1.807) is 19.2 Å². The lowest BCUT2D eigenvalue weighted by atomic mass is 9.76. The van der Waals surface area contributed by atoms with Crippen LogP contribution in [0.3, 0.4) is 0 Å². The molecule has 0 unspecified atom stereocenters. The Bertz CT molecular complexity index is 686. The van der Waals surface area contributed by atoms with E-state index in [1.807, 2.05) is 11.9 Å². The van der Waals surface area contributed by atoms with E-state index in [0.29, 0.717) is 26.0 Å². The fraction of sp³-hybridized carbons (Fsp3) is 0.650. The Balaban J connectivity index is 1.91. The van der Waals surface area contributed by atoms with Crippen molar-refractivity contribution in [2.24, 2.45) is 0 Å². The summed E-state index contributed by atoms with van der Waals surface area (Å²) in [6, 6.07) is 2.90. The molecule has 1 aromatic rings. The topological polar surface area (TPSA) is 63.3 Å². The van der Waals surface area contributed by atoms with Gasteiger partial charge in [-0.05, 0) is 32.4 Å². The van der Waals surface area contributed by atoms with E-state index in [9.17, 15) is 13.6 Å². The van der Waals surface area contributed by atoms with Crippen molar-refractivity contribution in [3.63, 3.8) is 0 Å². The van der Waals surface area contributed by atoms with Crippen molar-refractivity contribution in [1.29, 1.82) is 0 Å². The molecule has 1 saturated carbocycles. The summed E-state index contributed by atoms with van der Waals surface area (Å²) < 4.78 is 44.1. The van der Waals surface area contributed by atoms with Gasteiger partial charge in [-0.25, -0.2) is 19.6 Å². The van der Waals surface area contributed by atoms with Gasteiger partial charge in [0.15, 0.2) is 11.6 Å². The number of nitrogens with one attached hydrogen (secondary N) is 1. The Hall–Kier alpha value is -1.81. The molecular formula is C20H31F2N3O4. The number of rotatable bonds is 12. The summed E-state index contributed by atoms with van der Waals surface area (Å²) >= 11 is 0. The molecule has 0 aromatic heterocycles. The number of hydrazine groups is 1. The summed E-state index contributed by atoms with van der Waals surface area (Å²) in [6.07, 6.45) is 2.23. The maximum atomic E-state index is 14.5. The molecule has 164 valence electrons. The molecule has 0 bridgehead atoms. The molecule has 0 aliphatic heterocycles. The van der Waals surface area contributed by atoms with E-state index in [4.69, 9.17) is 14.2 Å². The number of nitrogens with zero attached hydrogens (tertiary/aromatic N) is 2. The minimum Gasteiger partial charge on any atom is -0.489 e. The molecule has 0 heterocycles. The van der Waals surface area contributed by atoms with Crippen LogP contribution < -0.4 is 10.2 Å². The van der Waals surface area contributed by atoms with Crippen LogP contribution >= 0.6 is 0 Å². The molecule has 0 atom stereocenters. The molecule has 1 fully saturated rings. The molecule has 1 aromatic carbocycles. The highest BCUT2D eigenvalue weighted by Gasteiger charge is 2.49. The fourth-order valence-electron chi connectivity index (χ4n) is 3.22. The second-order valence-electron chi connectivity index (χ2n) is 7.27. The highest BCUT2D eigenvalue weighted by Crippen LogP contribution is 2.37. The number of benzene rings is 1. The van der Waals surface area contributed by atoms with Crippen LogP contribution in [0.15, 0.2) is 12.1 Å². The Morgan fingerprint density at radius 3 is 2.41 bits per heavy atom. The molecule has 1 aliphatic carbocycles. The van der Waals surface area contributed by atoms with Gasteiger partial charge < -0.3 is 19.1 Å². The minimum absolute atomic E-state index is 0.0397. The second kappa shape index (κ2) is 10.8. The molecule has 1 aliphatic rings. The van der Waals surface area contributed by atoms with Crippen molar-refractivity contribution < 1.29 is 27.8 Å². The first-order valence-corrected chi connectivity index (χ1v) is 9.68. The molecule has 0 saturated heterocycles. The number of hydrogen-bond donors (Lipinski definition) is 1. The smallest absolute Gasteiger partial charge is 0.327 e. The van der Waals surface area contributed by atoms with Gasteiger partial charge in [-0.1, -0.05) is 6.07 Å². The second-order valence-corrected chi connectivity index (χ2v) is 7.27. The maximum Gasteiger partial charge on any atom is 0.327 e. The standard InChI is InChI=1S/C20H31F2N3O4/c1-24(10-12-27-3)11-13-29-16-7-6-15(17(21)18(16)22)14-23-25(2)20(8-5-9-20)19(26)28-4/h6-7,23H,5,8-14H2,1-4H3. The average Bonchev–Trinajstić information content (AvgIpc) is 2.67. The van der Waals surface area contributed by atoms with Gasteiger partial charge >= 0.3 is 5.97 Å². The summed E-state index contributed by atoms with van der Waals surface area (Å²) in [5.41, 5.74) is 2.39. The van der Waals surface area contributed by atoms with Crippen molar-refractivity contribution in [2.45, 2.75) is 31.3 Å². The zero-order valence-electron chi connectivity index (χ0n) is 17.6. The van der Waals surface area contributed by atoms with Crippen LogP contribution in [0.25, 0.3) is 0 Å². The minimum atomic E-state index is -1.02. The third-order valence-corrected chi connectivity index (χ3v) is 5.43. The molecule has 29 heavy (non-hydrogen) atoms. The van der Waals surface area contributed by atoms with Crippen LogP contribution in [0.4, 0.5) is 8.78 Å². The number of carbonyl (C=O) groups excluding carboxylic acids is 1. The van der Waals surface area contributed by atoms with E-state index in [0.717, 1.165) is 13.0 Å². The number of methoxy groups -OCH3 is 2. The Labute approximate surface area is 170 Å². The van der Waals surface area contributed by atoms with Crippen LogP contribution in [0.2, 0.25) is 0 Å². The Morgan fingerprint density at radius 2 is 1.83 bits per heavy atom. The summed E-state index contributed by atoms with van der Waals surface area (Å²) in [6.45, 7) is 2.15. The van der Waals surface area contributed by atoms with Crippen LogP contribution in [0, 0.1) is 11.6 Å². The highest BCUT2D eigenvalue weighted by atomic mass is 19.2. The van der Waals surface area contributed by atoms with Crippen molar-refractivity contribution in [3.8, 4) is 5.75 Å². The van der Waals surface area contributed by atoms with E-state index in [1.165, 1.54) is 19.2 Å². The SMILES string of the molecule is COCCN(C)CCOc1ccc(CNN(C)C2(C(=O)OC)CCC2)c(F)c1F. The fourth-order valence-corrected chi connectivity index (χ4v) is 3.22. The van der Waals surface area contributed by atoms with Gasteiger partial charge in [-0.15, -0.1) is 0 Å². The van der Waals surface area contributed by atoms with Crippen LogP contribution in [0.1, 0.15) is 24.8 Å². The Kier molecular flexibility index (Phi) is 8.76. The zero-order valence-corrected chi connectivity index (χ0v) is 17.6. The number of likely N-dealkylation sites (N-methyl/N-ethyl adjacent to an activating group) is 2. The first-order valence-electron chi connectivity index (χ1n) is 9.68. The molecule has 0 amide bonds. The lowest BCUT2D eigenvalue weighted by molar-refractivity contribution is -0.164. The lowest BCUT2D eigenvalue weighted by Gasteiger charge is -2.45. The quantitative estimate of drug-likeness (QED) is 0.414.